The van der Waals surface area contributed by atoms with E-state index >= 15 is 0 Å². The second-order valence-corrected chi connectivity index (χ2v) is 8.08. The third kappa shape index (κ3) is 5.64. The molecule has 0 aliphatic heterocycles. The van der Waals surface area contributed by atoms with Gasteiger partial charge in [-0.1, -0.05) is 42.5 Å². The molecule has 33 heavy (non-hydrogen) atoms. The van der Waals surface area contributed by atoms with Crippen LogP contribution in [0.5, 0.6) is 5.75 Å². The Morgan fingerprint density at radius 1 is 1.12 bits per heavy atom. The van der Waals surface area contributed by atoms with Crippen LogP contribution in [0.25, 0.3) is 11.3 Å². The number of anilines is 1. The normalized spacial score (nSPS) is 10.6. The highest BCUT2D eigenvalue weighted by Crippen LogP contribution is 2.27. The van der Waals surface area contributed by atoms with Gasteiger partial charge in [-0.3, -0.25) is 14.8 Å². The number of aromatic nitrogens is 3. The molecule has 9 heteroatoms. The maximum Gasteiger partial charge on any atom is 0.342 e. The van der Waals surface area contributed by atoms with Crippen LogP contribution >= 0.6 is 11.3 Å². The lowest BCUT2D eigenvalue weighted by Gasteiger charge is -2.06. The van der Waals surface area contributed by atoms with Gasteiger partial charge in [0, 0.05) is 17.1 Å². The summed E-state index contributed by atoms with van der Waals surface area (Å²) in [5.41, 5.74) is 3.26. The van der Waals surface area contributed by atoms with Crippen molar-refractivity contribution in [2.75, 3.05) is 19.0 Å². The average Bonchev–Trinajstić information content (AvgIpc) is 3.44. The standard InChI is InChI=1S/C24H22N4O4S/c1-16-15-33-24(25-16)26-21(29)14-32-23(30)20-13-28(12-17-7-4-3-5-8-17)27-22(20)18-9-6-10-19(11-18)31-2/h3-11,13,15H,12,14H2,1-2H3,(H,25,26,29). The summed E-state index contributed by atoms with van der Waals surface area (Å²) in [5.74, 6) is -0.461. The summed E-state index contributed by atoms with van der Waals surface area (Å²) in [7, 11) is 1.57. The number of amides is 1. The Bertz CT molecular complexity index is 1270. The van der Waals surface area contributed by atoms with E-state index in [-0.39, 0.29) is 5.56 Å². The van der Waals surface area contributed by atoms with Crippen molar-refractivity contribution in [1.82, 2.24) is 14.8 Å². The summed E-state index contributed by atoms with van der Waals surface area (Å²) in [5, 5.41) is 9.53. The van der Waals surface area contributed by atoms with Crippen molar-refractivity contribution >= 4 is 28.3 Å². The topological polar surface area (TPSA) is 95.3 Å². The first-order valence-electron chi connectivity index (χ1n) is 10.2. The minimum atomic E-state index is -0.641. The van der Waals surface area contributed by atoms with E-state index in [2.05, 4.69) is 15.4 Å². The molecule has 2 aromatic heterocycles. The molecule has 2 aromatic carbocycles. The lowest BCUT2D eigenvalue weighted by molar-refractivity contribution is -0.119. The molecule has 2 heterocycles. The van der Waals surface area contributed by atoms with Crippen molar-refractivity contribution in [1.29, 1.82) is 0 Å². The minimum Gasteiger partial charge on any atom is -0.497 e. The number of ether oxygens (including phenoxy) is 2. The van der Waals surface area contributed by atoms with Crippen LogP contribution in [0.1, 0.15) is 21.6 Å². The molecule has 0 saturated heterocycles. The molecule has 0 spiro atoms. The van der Waals surface area contributed by atoms with E-state index in [0.29, 0.717) is 28.7 Å². The predicted octanol–water partition coefficient (Wildman–Crippen LogP) is 4.17. The van der Waals surface area contributed by atoms with Crippen LogP contribution in [0.15, 0.2) is 66.2 Å². The highest BCUT2D eigenvalue weighted by molar-refractivity contribution is 7.13. The van der Waals surface area contributed by atoms with Gasteiger partial charge < -0.3 is 9.47 Å². The average molecular weight is 463 g/mol. The van der Waals surface area contributed by atoms with Gasteiger partial charge in [-0.15, -0.1) is 11.3 Å². The molecule has 168 valence electrons. The van der Waals surface area contributed by atoms with Gasteiger partial charge >= 0.3 is 5.97 Å². The number of aryl methyl sites for hydroxylation is 1. The van der Waals surface area contributed by atoms with Gasteiger partial charge in [-0.25, -0.2) is 9.78 Å². The number of methoxy groups -OCH3 is 1. The van der Waals surface area contributed by atoms with Gasteiger partial charge in [0.25, 0.3) is 5.91 Å². The number of nitrogens with one attached hydrogen (secondary N) is 1. The van der Waals surface area contributed by atoms with Crippen molar-refractivity contribution in [3.63, 3.8) is 0 Å². The maximum absolute atomic E-state index is 12.9. The largest absolute Gasteiger partial charge is 0.497 e. The summed E-state index contributed by atoms with van der Waals surface area (Å²) in [6.45, 7) is 1.88. The summed E-state index contributed by atoms with van der Waals surface area (Å²) in [6, 6.07) is 17.1. The molecular formula is C24H22N4O4S. The number of carbonyl (C=O) groups excluding carboxylic acids is 2. The minimum absolute atomic E-state index is 0.261. The van der Waals surface area contributed by atoms with E-state index in [1.165, 1.54) is 11.3 Å². The lowest BCUT2D eigenvalue weighted by atomic mass is 10.1. The number of benzene rings is 2. The van der Waals surface area contributed by atoms with E-state index < -0.39 is 18.5 Å². The Hall–Kier alpha value is -3.98. The number of rotatable bonds is 8. The van der Waals surface area contributed by atoms with Crippen molar-refractivity contribution in [3.05, 3.63) is 83.0 Å². The Labute approximate surface area is 194 Å². The van der Waals surface area contributed by atoms with Gasteiger partial charge in [0.1, 0.15) is 17.0 Å². The number of hydrogen-bond acceptors (Lipinski definition) is 7. The van der Waals surface area contributed by atoms with Crippen LogP contribution < -0.4 is 10.1 Å². The Morgan fingerprint density at radius 2 is 1.94 bits per heavy atom. The van der Waals surface area contributed by atoms with Gasteiger partial charge in [0.15, 0.2) is 11.7 Å². The van der Waals surface area contributed by atoms with Gasteiger partial charge in [0.05, 0.1) is 19.3 Å². The molecule has 0 fully saturated rings. The molecule has 0 saturated carbocycles. The quantitative estimate of drug-likeness (QED) is 0.395. The monoisotopic (exact) mass is 462 g/mol. The van der Waals surface area contributed by atoms with Crippen LogP contribution in [0.2, 0.25) is 0 Å². The van der Waals surface area contributed by atoms with Crippen molar-refractivity contribution in [2.24, 2.45) is 0 Å². The molecule has 0 aliphatic rings. The van der Waals surface area contributed by atoms with Crippen molar-refractivity contribution < 1.29 is 19.1 Å². The maximum atomic E-state index is 12.9. The van der Waals surface area contributed by atoms with Crippen LogP contribution in [0.4, 0.5) is 5.13 Å². The predicted molar refractivity (Wildman–Crippen MR) is 126 cm³/mol. The van der Waals surface area contributed by atoms with Crippen LogP contribution in [-0.2, 0) is 16.1 Å². The SMILES string of the molecule is COc1cccc(-c2nn(Cc3ccccc3)cc2C(=O)OCC(=O)Nc2nc(C)cs2)c1. The fraction of sp³-hybridized carbons (Fsp3) is 0.167. The molecule has 4 aromatic rings. The lowest BCUT2D eigenvalue weighted by Crippen LogP contribution is -2.21. The van der Waals surface area contributed by atoms with E-state index in [0.717, 1.165) is 11.3 Å². The zero-order valence-electron chi connectivity index (χ0n) is 18.1. The highest BCUT2D eigenvalue weighted by atomic mass is 32.1. The first kappa shape index (κ1) is 22.2. The van der Waals surface area contributed by atoms with Crippen LogP contribution in [-0.4, -0.2) is 40.4 Å². The second-order valence-electron chi connectivity index (χ2n) is 7.22. The van der Waals surface area contributed by atoms with Gasteiger partial charge in [0.2, 0.25) is 0 Å². The summed E-state index contributed by atoms with van der Waals surface area (Å²) in [6.07, 6.45) is 1.63. The number of carbonyl (C=O) groups is 2. The summed E-state index contributed by atoms with van der Waals surface area (Å²) in [4.78, 5) is 29.3. The van der Waals surface area contributed by atoms with Crippen LogP contribution in [0, 0.1) is 6.92 Å². The van der Waals surface area contributed by atoms with Crippen LogP contribution in [0.3, 0.4) is 0 Å². The molecule has 1 N–H and O–H groups in total. The molecule has 0 aliphatic carbocycles. The van der Waals surface area contributed by atoms with E-state index in [1.807, 2.05) is 60.8 Å². The number of hydrogen-bond donors (Lipinski definition) is 1. The van der Waals surface area contributed by atoms with Gasteiger partial charge in [-0.05, 0) is 24.6 Å². The number of nitrogens with zero attached hydrogens (tertiary/aromatic N) is 3. The Balaban J connectivity index is 1.55. The molecule has 4 rings (SSSR count). The fourth-order valence-electron chi connectivity index (χ4n) is 3.18. The van der Waals surface area contributed by atoms with Gasteiger partial charge in [-0.2, -0.15) is 5.10 Å². The number of thiazole rings is 1. The Morgan fingerprint density at radius 3 is 2.67 bits per heavy atom. The molecule has 0 radical (unpaired) electrons. The molecule has 1 amide bonds. The zero-order valence-corrected chi connectivity index (χ0v) is 19.0. The molecule has 0 bridgehead atoms. The first-order chi connectivity index (χ1) is 16.0. The molecule has 8 nitrogen and oxygen atoms in total. The second kappa shape index (κ2) is 10.1. The molecule has 0 atom stereocenters. The molecule has 0 unspecified atom stereocenters. The first-order valence-corrected chi connectivity index (χ1v) is 11.0. The third-order valence-corrected chi connectivity index (χ3v) is 5.59. The fourth-order valence-corrected chi connectivity index (χ4v) is 3.89. The Kier molecular flexibility index (Phi) is 6.80. The highest BCUT2D eigenvalue weighted by Gasteiger charge is 2.21. The van der Waals surface area contributed by atoms with Crippen molar-refractivity contribution in [2.45, 2.75) is 13.5 Å². The zero-order chi connectivity index (χ0) is 23.2. The third-order valence-electron chi connectivity index (χ3n) is 4.71. The van der Waals surface area contributed by atoms with E-state index in [9.17, 15) is 9.59 Å². The van der Waals surface area contributed by atoms with E-state index in [1.54, 1.807) is 24.1 Å². The van der Waals surface area contributed by atoms with E-state index in [4.69, 9.17) is 9.47 Å². The molecular weight excluding hydrogens is 440 g/mol. The van der Waals surface area contributed by atoms with Crippen molar-refractivity contribution in [3.8, 4) is 17.0 Å². The summed E-state index contributed by atoms with van der Waals surface area (Å²) < 4.78 is 12.3. The smallest absolute Gasteiger partial charge is 0.342 e. The summed E-state index contributed by atoms with van der Waals surface area (Å²) >= 11 is 1.31. The number of esters is 1.